The number of carbonyl (C=O) groups is 1. The van der Waals surface area contributed by atoms with Crippen molar-refractivity contribution in [3.8, 4) is 12.1 Å². The molecule has 0 aliphatic heterocycles. The molecule has 2 N–H and O–H groups in total. The minimum atomic E-state index is -1.14. The Morgan fingerprint density at radius 3 is 1.64 bits per heavy atom. The Kier molecular flexibility index (Phi) is 6.14. The van der Waals surface area contributed by atoms with E-state index in [2.05, 4.69) is 5.10 Å². The van der Waals surface area contributed by atoms with Crippen LogP contribution in [0.4, 0.5) is 0 Å². The fourth-order valence-corrected chi connectivity index (χ4v) is 2.57. The SMILES string of the molecule is N#C[C@H](C(=O)/C(=N/N)[C@H](C#N)c1ccc(Cl)cc1)c1ccc(Cl)cc1. The molecule has 0 amide bonds. The summed E-state index contributed by atoms with van der Waals surface area (Å²) in [6.45, 7) is 0. The molecule has 0 heterocycles. The predicted octanol–water partition coefficient (Wildman–Crippen LogP) is 3.79. The van der Waals surface area contributed by atoms with E-state index in [1.807, 2.05) is 12.1 Å². The lowest BCUT2D eigenvalue weighted by Gasteiger charge is -2.14. The highest BCUT2D eigenvalue weighted by atomic mass is 35.5. The summed E-state index contributed by atoms with van der Waals surface area (Å²) in [6, 6.07) is 16.7. The van der Waals surface area contributed by atoms with Crippen molar-refractivity contribution in [1.82, 2.24) is 0 Å². The lowest BCUT2D eigenvalue weighted by molar-refractivity contribution is -0.113. The van der Waals surface area contributed by atoms with Gasteiger partial charge in [-0.2, -0.15) is 15.6 Å². The Bertz CT molecular complexity index is 877. The topological polar surface area (TPSA) is 103 Å². The van der Waals surface area contributed by atoms with Gasteiger partial charge in [0.15, 0.2) is 0 Å². The van der Waals surface area contributed by atoms with Crippen LogP contribution in [0.5, 0.6) is 0 Å². The summed E-state index contributed by atoms with van der Waals surface area (Å²) in [5, 5.41) is 23.4. The largest absolute Gasteiger partial charge is 0.323 e. The molecular formula is C18H12Cl2N4O. The van der Waals surface area contributed by atoms with E-state index in [-0.39, 0.29) is 5.71 Å². The quantitative estimate of drug-likeness (QED) is 0.491. The van der Waals surface area contributed by atoms with Crippen molar-refractivity contribution in [3.63, 3.8) is 0 Å². The Morgan fingerprint density at radius 1 is 0.880 bits per heavy atom. The smallest absolute Gasteiger partial charge is 0.202 e. The maximum Gasteiger partial charge on any atom is 0.202 e. The van der Waals surface area contributed by atoms with Gasteiger partial charge in [-0.25, -0.2) is 0 Å². The van der Waals surface area contributed by atoms with E-state index in [4.69, 9.17) is 29.0 Å². The number of hydrogen-bond acceptors (Lipinski definition) is 5. The first-order valence-electron chi connectivity index (χ1n) is 7.14. The zero-order valence-corrected chi connectivity index (χ0v) is 14.4. The summed E-state index contributed by atoms with van der Waals surface area (Å²) in [5.74, 6) is 2.60. The van der Waals surface area contributed by atoms with Gasteiger partial charge < -0.3 is 5.84 Å². The third-order valence-electron chi connectivity index (χ3n) is 3.59. The summed E-state index contributed by atoms with van der Waals surface area (Å²) in [5.41, 5.74) is 0.773. The van der Waals surface area contributed by atoms with E-state index < -0.39 is 17.6 Å². The van der Waals surface area contributed by atoms with Gasteiger partial charge >= 0.3 is 0 Å². The number of benzene rings is 2. The highest BCUT2D eigenvalue weighted by molar-refractivity contribution is 6.44. The Labute approximate surface area is 154 Å². The number of hydrazone groups is 1. The number of ketones is 1. The molecule has 0 spiro atoms. The minimum Gasteiger partial charge on any atom is -0.323 e. The molecule has 2 atom stereocenters. The van der Waals surface area contributed by atoms with E-state index >= 15 is 0 Å². The number of rotatable bonds is 5. The molecule has 0 bridgehead atoms. The second-order valence-corrected chi connectivity index (χ2v) is 5.98. The lowest BCUT2D eigenvalue weighted by atomic mass is 9.86. The van der Waals surface area contributed by atoms with Crippen LogP contribution in [-0.4, -0.2) is 11.5 Å². The van der Waals surface area contributed by atoms with Gasteiger partial charge in [0.25, 0.3) is 0 Å². The van der Waals surface area contributed by atoms with Gasteiger partial charge in [-0.1, -0.05) is 47.5 Å². The van der Waals surface area contributed by atoms with Crippen molar-refractivity contribution in [2.75, 3.05) is 0 Å². The average Bonchev–Trinajstić information content (AvgIpc) is 2.62. The van der Waals surface area contributed by atoms with E-state index in [1.165, 1.54) is 0 Å². The van der Waals surface area contributed by atoms with Crippen molar-refractivity contribution < 1.29 is 4.79 Å². The van der Waals surface area contributed by atoms with Crippen LogP contribution in [-0.2, 0) is 4.79 Å². The molecule has 25 heavy (non-hydrogen) atoms. The fraction of sp³-hybridized carbons (Fsp3) is 0.111. The van der Waals surface area contributed by atoms with E-state index in [9.17, 15) is 15.3 Å². The lowest BCUT2D eigenvalue weighted by Crippen LogP contribution is -2.28. The van der Waals surface area contributed by atoms with Crippen molar-refractivity contribution in [2.45, 2.75) is 11.8 Å². The van der Waals surface area contributed by atoms with Crippen LogP contribution < -0.4 is 5.84 Å². The molecule has 2 aromatic rings. The van der Waals surface area contributed by atoms with Crippen LogP contribution in [0.25, 0.3) is 0 Å². The second kappa shape index (κ2) is 8.30. The Balaban J connectivity index is 2.39. The van der Waals surface area contributed by atoms with Crippen LogP contribution in [0.2, 0.25) is 10.0 Å². The standard InChI is InChI=1S/C18H12Cl2N4O/c19-13-5-1-11(2-6-13)15(9-21)17(24-23)18(25)16(10-22)12-3-7-14(20)8-4-12/h1-8,15-16H,23H2/b24-17+/t15-,16+/m1/s1. The van der Waals surface area contributed by atoms with Crippen molar-refractivity contribution in [2.24, 2.45) is 10.9 Å². The average molecular weight is 371 g/mol. The van der Waals surface area contributed by atoms with E-state index in [0.29, 0.717) is 21.2 Å². The predicted molar refractivity (Wildman–Crippen MR) is 96.2 cm³/mol. The number of Topliss-reactive ketones (excluding diaryl/α,β-unsaturated/α-hetero) is 1. The van der Waals surface area contributed by atoms with Gasteiger partial charge in [-0.15, -0.1) is 0 Å². The van der Waals surface area contributed by atoms with Gasteiger partial charge in [0.2, 0.25) is 5.78 Å². The van der Waals surface area contributed by atoms with Crippen LogP contribution >= 0.6 is 23.2 Å². The molecule has 0 unspecified atom stereocenters. The summed E-state index contributed by atoms with van der Waals surface area (Å²) in [6.07, 6.45) is 0. The van der Waals surface area contributed by atoms with Gasteiger partial charge in [0, 0.05) is 10.0 Å². The maximum atomic E-state index is 12.8. The zero-order valence-electron chi connectivity index (χ0n) is 12.9. The van der Waals surface area contributed by atoms with Gasteiger partial charge in [0.1, 0.15) is 17.5 Å². The highest BCUT2D eigenvalue weighted by Gasteiger charge is 2.31. The van der Waals surface area contributed by atoms with Crippen molar-refractivity contribution >= 4 is 34.7 Å². The van der Waals surface area contributed by atoms with Crippen molar-refractivity contribution in [1.29, 1.82) is 10.5 Å². The number of nitrogens with zero attached hydrogens (tertiary/aromatic N) is 3. The summed E-state index contributed by atoms with van der Waals surface area (Å²) < 4.78 is 0. The molecule has 2 aromatic carbocycles. The van der Waals surface area contributed by atoms with Crippen LogP contribution in [0.1, 0.15) is 23.0 Å². The molecular weight excluding hydrogens is 359 g/mol. The molecule has 2 rings (SSSR count). The number of nitriles is 2. The van der Waals surface area contributed by atoms with Crippen LogP contribution in [0, 0.1) is 22.7 Å². The fourth-order valence-electron chi connectivity index (χ4n) is 2.32. The molecule has 0 saturated heterocycles. The summed E-state index contributed by atoms with van der Waals surface area (Å²) in [4.78, 5) is 12.8. The number of nitrogens with two attached hydrogens (primary N) is 1. The second-order valence-electron chi connectivity index (χ2n) is 5.11. The third-order valence-corrected chi connectivity index (χ3v) is 4.10. The summed E-state index contributed by atoms with van der Waals surface area (Å²) >= 11 is 11.7. The Morgan fingerprint density at radius 2 is 1.28 bits per heavy atom. The van der Waals surface area contributed by atoms with E-state index in [1.54, 1.807) is 48.5 Å². The highest BCUT2D eigenvalue weighted by Crippen LogP contribution is 2.25. The minimum absolute atomic E-state index is 0.189. The molecule has 0 radical (unpaired) electrons. The molecule has 7 heteroatoms. The van der Waals surface area contributed by atoms with Gasteiger partial charge in [-0.3, -0.25) is 4.79 Å². The molecule has 0 saturated carbocycles. The molecule has 0 fully saturated rings. The molecule has 124 valence electrons. The first kappa shape index (κ1) is 18.5. The molecule has 0 aliphatic rings. The number of hydrogen-bond donors (Lipinski definition) is 1. The van der Waals surface area contributed by atoms with Crippen LogP contribution in [0.3, 0.4) is 0 Å². The van der Waals surface area contributed by atoms with Gasteiger partial charge in [0.05, 0.1) is 12.1 Å². The number of carbonyl (C=O) groups excluding carboxylic acids is 1. The van der Waals surface area contributed by atoms with Crippen LogP contribution in [0.15, 0.2) is 53.6 Å². The zero-order chi connectivity index (χ0) is 18.4. The normalized spacial score (nSPS) is 13.4. The Hall–Kier alpha value is -2.86. The van der Waals surface area contributed by atoms with Crippen molar-refractivity contribution in [3.05, 3.63) is 69.7 Å². The number of halogens is 2. The molecule has 0 aliphatic carbocycles. The maximum absolute atomic E-state index is 12.8. The first-order valence-corrected chi connectivity index (χ1v) is 7.89. The summed E-state index contributed by atoms with van der Waals surface area (Å²) in [7, 11) is 0. The third kappa shape index (κ3) is 4.16. The van der Waals surface area contributed by atoms with Gasteiger partial charge in [-0.05, 0) is 35.4 Å². The monoisotopic (exact) mass is 370 g/mol. The first-order chi connectivity index (χ1) is 12.0. The van der Waals surface area contributed by atoms with E-state index in [0.717, 1.165) is 0 Å². The molecule has 5 nitrogen and oxygen atoms in total. The molecule has 0 aromatic heterocycles.